The number of benzene rings is 2. The second-order valence-corrected chi connectivity index (χ2v) is 9.44. The number of hydrogen-bond acceptors (Lipinski definition) is 6. The molecule has 2 aromatic carbocycles. The molecule has 0 radical (unpaired) electrons. The van der Waals surface area contributed by atoms with E-state index in [-0.39, 0.29) is 48.7 Å². The first kappa shape index (κ1) is 26.9. The summed E-state index contributed by atoms with van der Waals surface area (Å²) in [6, 6.07) is 16.0. The number of amidine groups is 1. The lowest BCUT2D eigenvalue weighted by Crippen LogP contribution is -2.49. The predicted octanol–water partition coefficient (Wildman–Crippen LogP) is 2.66. The van der Waals surface area contributed by atoms with E-state index in [9.17, 15) is 14.4 Å². The third-order valence-electron chi connectivity index (χ3n) is 5.95. The van der Waals surface area contributed by atoms with Gasteiger partial charge in [-0.05, 0) is 36.3 Å². The van der Waals surface area contributed by atoms with Crippen LogP contribution < -0.4 is 21.3 Å². The Kier molecular flexibility index (Phi) is 9.58. The van der Waals surface area contributed by atoms with Crippen LogP contribution in [-0.4, -0.2) is 49.0 Å². The van der Waals surface area contributed by atoms with Crippen molar-refractivity contribution in [1.82, 2.24) is 21.3 Å². The molecule has 1 heterocycles. The monoisotopic (exact) mass is 493 g/mol. The molecule has 0 aliphatic carbocycles. The quantitative estimate of drug-likeness (QED) is 0.271. The normalized spacial score (nSPS) is 17.8. The summed E-state index contributed by atoms with van der Waals surface area (Å²) in [5.41, 5.74) is 2.54. The van der Waals surface area contributed by atoms with Crippen molar-refractivity contribution in [2.45, 2.75) is 51.7 Å². The van der Waals surface area contributed by atoms with E-state index in [1.165, 1.54) is 5.56 Å². The third kappa shape index (κ3) is 7.91. The SMILES string of the molecule is CC(C)COC(=O)NC(=N)c1ccc(CNC(=O)[C@H](C)NC(=O)[C@H]2C[C@H](c3ccccc3)CN2)cc1. The fourth-order valence-electron chi connectivity index (χ4n) is 3.88. The van der Waals surface area contributed by atoms with Crippen LogP contribution in [0.2, 0.25) is 0 Å². The standard InChI is InChI=1S/C27H35N5O4/c1-17(2)16-36-27(35)32-24(28)21-11-9-19(10-12-21)14-30-25(33)18(3)31-26(34)23-13-22(15-29-23)20-7-5-4-6-8-20/h4-12,17-18,22-23,29H,13-16H2,1-3H3,(H,30,33)(H,31,34)(H2,28,32,35)/t18-,22-,23+/m0/s1. The van der Waals surface area contributed by atoms with E-state index in [2.05, 4.69) is 33.4 Å². The van der Waals surface area contributed by atoms with Crippen LogP contribution >= 0.6 is 0 Å². The largest absolute Gasteiger partial charge is 0.449 e. The molecule has 1 saturated heterocycles. The summed E-state index contributed by atoms with van der Waals surface area (Å²) in [4.78, 5) is 36.9. The first-order valence-corrected chi connectivity index (χ1v) is 12.2. The number of rotatable bonds is 9. The molecular weight excluding hydrogens is 458 g/mol. The van der Waals surface area contributed by atoms with Crippen LogP contribution in [0.25, 0.3) is 0 Å². The van der Waals surface area contributed by atoms with Gasteiger partial charge in [0.15, 0.2) is 0 Å². The lowest BCUT2D eigenvalue weighted by atomic mass is 9.96. The molecule has 3 amide bonds. The van der Waals surface area contributed by atoms with Crippen LogP contribution in [0.15, 0.2) is 54.6 Å². The van der Waals surface area contributed by atoms with Gasteiger partial charge in [-0.1, -0.05) is 68.4 Å². The van der Waals surface area contributed by atoms with Gasteiger partial charge in [-0.25, -0.2) is 4.79 Å². The molecule has 0 bridgehead atoms. The van der Waals surface area contributed by atoms with Gasteiger partial charge in [0.25, 0.3) is 0 Å². The molecule has 1 fully saturated rings. The van der Waals surface area contributed by atoms with Crippen LogP contribution in [-0.2, 0) is 20.9 Å². The Morgan fingerprint density at radius 2 is 1.75 bits per heavy atom. The Labute approximate surface area is 211 Å². The van der Waals surface area contributed by atoms with Crippen molar-refractivity contribution in [3.05, 3.63) is 71.3 Å². The van der Waals surface area contributed by atoms with Crippen LogP contribution in [0.1, 0.15) is 49.8 Å². The molecule has 9 nitrogen and oxygen atoms in total. The van der Waals surface area contributed by atoms with Gasteiger partial charge in [-0.3, -0.25) is 20.3 Å². The van der Waals surface area contributed by atoms with Gasteiger partial charge in [0, 0.05) is 18.7 Å². The Balaban J connectivity index is 1.41. The highest BCUT2D eigenvalue weighted by Gasteiger charge is 2.31. The highest BCUT2D eigenvalue weighted by atomic mass is 16.5. The first-order chi connectivity index (χ1) is 17.2. The average Bonchev–Trinajstić information content (AvgIpc) is 3.37. The van der Waals surface area contributed by atoms with Crippen LogP contribution in [0, 0.1) is 11.3 Å². The number of amides is 3. The zero-order valence-electron chi connectivity index (χ0n) is 21.0. The molecule has 0 saturated carbocycles. The fraction of sp³-hybridized carbons (Fsp3) is 0.407. The highest BCUT2D eigenvalue weighted by molar-refractivity contribution is 6.04. The smallest absolute Gasteiger partial charge is 0.412 e. The molecule has 9 heteroatoms. The third-order valence-corrected chi connectivity index (χ3v) is 5.95. The number of carbonyl (C=O) groups excluding carboxylic acids is 3. The molecule has 36 heavy (non-hydrogen) atoms. The van der Waals surface area contributed by atoms with Crippen molar-refractivity contribution in [1.29, 1.82) is 5.41 Å². The number of alkyl carbamates (subject to hydrolysis) is 1. The van der Waals surface area contributed by atoms with Crippen LogP contribution in [0.5, 0.6) is 0 Å². The summed E-state index contributed by atoms with van der Waals surface area (Å²) in [6.07, 6.45) is 0.0278. The summed E-state index contributed by atoms with van der Waals surface area (Å²) < 4.78 is 5.02. The number of nitrogens with one attached hydrogen (secondary N) is 5. The number of hydrogen-bond donors (Lipinski definition) is 5. The second kappa shape index (κ2) is 12.8. The molecular formula is C27H35N5O4. The van der Waals surface area contributed by atoms with Crippen molar-refractivity contribution < 1.29 is 19.1 Å². The minimum Gasteiger partial charge on any atom is -0.449 e. The summed E-state index contributed by atoms with van der Waals surface area (Å²) in [5.74, 6) is -0.0466. The second-order valence-electron chi connectivity index (χ2n) is 9.44. The van der Waals surface area contributed by atoms with E-state index in [0.717, 1.165) is 12.1 Å². The maximum absolute atomic E-state index is 12.7. The van der Waals surface area contributed by atoms with Crippen molar-refractivity contribution in [2.75, 3.05) is 13.2 Å². The molecule has 3 rings (SSSR count). The van der Waals surface area contributed by atoms with Crippen LogP contribution in [0.3, 0.4) is 0 Å². The van der Waals surface area contributed by atoms with Crippen LogP contribution in [0.4, 0.5) is 4.79 Å². The predicted molar refractivity (Wildman–Crippen MR) is 138 cm³/mol. The van der Waals surface area contributed by atoms with E-state index >= 15 is 0 Å². The summed E-state index contributed by atoms with van der Waals surface area (Å²) in [7, 11) is 0. The van der Waals surface area contributed by atoms with Gasteiger partial charge >= 0.3 is 6.09 Å². The van der Waals surface area contributed by atoms with E-state index in [0.29, 0.717) is 12.0 Å². The van der Waals surface area contributed by atoms with Crippen molar-refractivity contribution in [3.8, 4) is 0 Å². The molecule has 1 aliphatic heterocycles. The molecule has 1 aliphatic rings. The van der Waals surface area contributed by atoms with Gasteiger partial charge < -0.3 is 20.7 Å². The van der Waals surface area contributed by atoms with Crippen molar-refractivity contribution in [2.24, 2.45) is 5.92 Å². The van der Waals surface area contributed by atoms with E-state index < -0.39 is 12.1 Å². The van der Waals surface area contributed by atoms with E-state index in [1.54, 1.807) is 31.2 Å². The number of carbonyl (C=O) groups is 3. The molecule has 2 aromatic rings. The minimum atomic E-state index is -0.677. The maximum Gasteiger partial charge on any atom is 0.412 e. The lowest BCUT2D eigenvalue weighted by Gasteiger charge is -2.17. The Hall–Kier alpha value is -3.72. The minimum absolute atomic E-state index is 0.0642. The summed E-state index contributed by atoms with van der Waals surface area (Å²) >= 11 is 0. The molecule has 192 valence electrons. The number of ether oxygens (including phenoxy) is 1. The lowest BCUT2D eigenvalue weighted by molar-refractivity contribution is -0.129. The topological polar surface area (TPSA) is 132 Å². The molecule has 0 unspecified atom stereocenters. The van der Waals surface area contributed by atoms with Gasteiger partial charge in [0.2, 0.25) is 11.8 Å². The van der Waals surface area contributed by atoms with Crippen molar-refractivity contribution >= 4 is 23.7 Å². The van der Waals surface area contributed by atoms with E-state index in [4.69, 9.17) is 10.1 Å². The van der Waals surface area contributed by atoms with Gasteiger partial charge in [0.1, 0.15) is 11.9 Å². The molecule has 3 atom stereocenters. The zero-order chi connectivity index (χ0) is 26.1. The summed E-state index contributed by atoms with van der Waals surface area (Å²) in [6.45, 7) is 6.80. The molecule has 5 N–H and O–H groups in total. The molecule has 0 spiro atoms. The van der Waals surface area contributed by atoms with Gasteiger partial charge in [-0.15, -0.1) is 0 Å². The zero-order valence-corrected chi connectivity index (χ0v) is 21.0. The molecule has 0 aromatic heterocycles. The van der Waals surface area contributed by atoms with E-state index in [1.807, 2.05) is 32.0 Å². The Morgan fingerprint density at radius 3 is 2.42 bits per heavy atom. The Morgan fingerprint density at radius 1 is 1.06 bits per heavy atom. The summed E-state index contributed by atoms with van der Waals surface area (Å²) in [5, 5.41) is 19.3. The first-order valence-electron chi connectivity index (χ1n) is 12.2. The van der Waals surface area contributed by atoms with Gasteiger partial charge in [0.05, 0.1) is 12.6 Å². The van der Waals surface area contributed by atoms with Crippen molar-refractivity contribution in [3.63, 3.8) is 0 Å². The fourth-order valence-corrected chi connectivity index (χ4v) is 3.88. The maximum atomic E-state index is 12.7. The highest BCUT2D eigenvalue weighted by Crippen LogP contribution is 2.25. The Bertz CT molecular complexity index is 1060. The average molecular weight is 494 g/mol. The van der Waals surface area contributed by atoms with Gasteiger partial charge in [-0.2, -0.15) is 0 Å².